The first kappa shape index (κ1) is 24.2. The van der Waals surface area contributed by atoms with Gasteiger partial charge < -0.3 is 18.9 Å². The van der Waals surface area contributed by atoms with Crippen LogP contribution in [0.15, 0.2) is 54.6 Å². The first-order valence-corrected chi connectivity index (χ1v) is 10.2. The molecule has 0 fully saturated rings. The van der Waals surface area contributed by atoms with Gasteiger partial charge in [0.25, 0.3) is 0 Å². The van der Waals surface area contributed by atoms with Gasteiger partial charge in [0, 0.05) is 14.0 Å². The third kappa shape index (κ3) is 8.26. The zero-order chi connectivity index (χ0) is 22.6. The van der Waals surface area contributed by atoms with E-state index < -0.39 is 5.97 Å². The van der Waals surface area contributed by atoms with Crippen molar-refractivity contribution in [2.75, 3.05) is 33.5 Å². The highest BCUT2D eigenvalue weighted by molar-refractivity contribution is 5.87. The molecule has 2 rings (SSSR count). The molecular formula is C25H30O6. The average Bonchev–Trinajstić information content (AvgIpc) is 2.75. The zero-order valence-corrected chi connectivity index (χ0v) is 18.4. The van der Waals surface area contributed by atoms with Crippen LogP contribution in [0.1, 0.15) is 24.5 Å². The van der Waals surface area contributed by atoms with E-state index in [9.17, 15) is 9.59 Å². The van der Waals surface area contributed by atoms with Crippen LogP contribution >= 0.6 is 0 Å². The molecule has 0 aliphatic rings. The molecule has 2 aromatic rings. The van der Waals surface area contributed by atoms with E-state index in [4.69, 9.17) is 18.9 Å². The molecule has 0 aliphatic carbocycles. The normalized spacial score (nSPS) is 10.4. The van der Waals surface area contributed by atoms with Gasteiger partial charge in [0.05, 0.1) is 18.8 Å². The van der Waals surface area contributed by atoms with Gasteiger partial charge in [0.1, 0.15) is 19.0 Å². The fourth-order valence-electron chi connectivity index (χ4n) is 3.02. The quantitative estimate of drug-likeness (QED) is 0.287. The Hall–Kier alpha value is -3.12. The lowest BCUT2D eigenvalue weighted by Crippen LogP contribution is -2.15. The molecule has 2 aromatic carbocycles. The van der Waals surface area contributed by atoms with Gasteiger partial charge in [-0.05, 0) is 54.2 Å². The Morgan fingerprint density at radius 1 is 0.968 bits per heavy atom. The zero-order valence-electron chi connectivity index (χ0n) is 18.4. The molecule has 0 bridgehead atoms. The smallest absolute Gasteiger partial charge is 0.335 e. The van der Waals surface area contributed by atoms with Crippen molar-refractivity contribution in [1.29, 1.82) is 0 Å². The van der Waals surface area contributed by atoms with Gasteiger partial charge in [0.2, 0.25) is 0 Å². The number of aryl methyl sites for hydroxylation is 2. The first-order chi connectivity index (χ1) is 14.9. The van der Waals surface area contributed by atoms with Crippen molar-refractivity contribution in [1.82, 2.24) is 0 Å². The molecule has 6 heteroatoms. The van der Waals surface area contributed by atoms with Crippen molar-refractivity contribution in [2.45, 2.75) is 26.7 Å². The maximum atomic E-state index is 11.6. The molecule has 6 nitrogen and oxygen atoms in total. The summed E-state index contributed by atoms with van der Waals surface area (Å²) in [6, 6.07) is 14.3. The lowest BCUT2D eigenvalue weighted by Gasteiger charge is -2.12. The molecule has 0 unspecified atom stereocenters. The monoisotopic (exact) mass is 426 g/mol. The van der Waals surface area contributed by atoms with Crippen LogP contribution in [0.3, 0.4) is 0 Å². The number of carbonyl (C=O) groups is 2. The fourth-order valence-corrected chi connectivity index (χ4v) is 3.02. The molecule has 0 aromatic heterocycles. The van der Waals surface area contributed by atoms with Gasteiger partial charge in [-0.15, -0.1) is 0 Å². The summed E-state index contributed by atoms with van der Waals surface area (Å²) in [5.74, 6) is -0.00541. The number of esters is 2. The van der Waals surface area contributed by atoms with Gasteiger partial charge in [-0.3, -0.25) is 4.79 Å². The number of carbonyl (C=O) groups excluding carboxylic acids is 2. The number of ether oxygens (including phenoxy) is 4. The summed E-state index contributed by atoms with van der Waals surface area (Å²) in [6.45, 7) is 8.04. The highest BCUT2D eigenvalue weighted by atomic mass is 16.6. The Balaban J connectivity index is 1.84. The summed E-state index contributed by atoms with van der Waals surface area (Å²) in [4.78, 5) is 22.4. The fraction of sp³-hybridized carbons (Fsp3) is 0.360. The van der Waals surface area contributed by atoms with Gasteiger partial charge in [0.15, 0.2) is 0 Å². The number of methoxy groups -OCH3 is 1. The van der Waals surface area contributed by atoms with Crippen molar-refractivity contribution in [2.24, 2.45) is 0 Å². The number of benzene rings is 2. The largest absolute Gasteiger partial charge is 0.490 e. The Morgan fingerprint density at radius 2 is 1.71 bits per heavy atom. The van der Waals surface area contributed by atoms with Gasteiger partial charge >= 0.3 is 11.9 Å². The molecule has 0 amide bonds. The van der Waals surface area contributed by atoms with Crippen LogP contribution < -0.4 is 4.74 Å². The SMILES string of the molecule is C=C(COC)C(=O)OCCOc1ccc(-c2ccc(CCCOC(C)=O)cc2)c(C)c1. The molecule has 0 saturated heterocycles. The third-order valence-electron chi connectivity index (χ3n) is 4.57. The summed E-state index contributed by atoms with van der Waals surface area (Å²) in [7, 11) is 1.50. The van der Waals surface area contributed by atoms with Crippen molar-refractivity contribution in [3.05, 3.63) is 65.7 Å². The molecule has 0 radical (unpaired) electrons. The number of hydrogen-bond donors (Lipinski definition) is 0. The second-order valence-corrected chi connectivity index (χ2v) is 7.14. The minimum Gasteiger partial charge on any atom is -0.490 e. The molecule has 31 heavy (non-hydrogen) atoms. The van der Waals surface area contributed by atoms with Crippen LogP contribution in [0.25, 0.3) is 11.1 Å². The van der Waals surface area contributed by atoms with E-state index in [2.05, 4.69) is 30.8 Å². The van der Waals surface area contributed by atoms with Crippen molar-refractivity contribution < 1.29 is 28.5 Å². The number of rotatable bonds is 12. The average molecular weight is 427 g/mol. The second kappa shape index (κ2) is 12.5. The van der Waals surface area contributed by atoms with Crippen molar-refractivity contribution >= 4 is 11.9 Å². The van der Waals surface area contributed by atoms with Crippen LogP contribution in [0.5, 0.6) is 5.75 Å². The molecule has 0 N–H and O–H groups in total. The van der Waals surface area contributed by atoms with Crippen LogP contribution in [0, 0.1) is 6.92 Å². The van der Waals surface area contributed by atoms with Gasteiger partial charge in [-0.1, -0.05) is 36.9 Å². The lowest BCUT2D eigenvalue weighted by molar-refractivity contribution is -0.141. The van der Waals surface area contributed by atoms with E-state index in [0.717, 1.165) is 35.3 Å². The van der Waals surface area contributed by atoms with Crippen LogP contribution in [0.4, 0.5) is 0 Å². The van der Waals surface area contributed by atoms with Crippen molar-refractivity contribution in [3.8, 4) is 16.9 Å². The highest BCUT2D eigenvalue weighted by Crippen LogP contribution is 2.27. The second-order valence-electron chi connectivity index (χ2n) is 7.14. The molecule has 0 atom stereocenters. The maximum Gasteiger partial charge on any atom is 0.335 e. The first-order valence-electron chi connectivity index (χ1n) is 10.2. The summed E-state index contributed by atoms with van der Waals surface area (Å²) >= 11 is 0. The molecule has 166 valence electrons. The van der Waals surface area contributed by atoms with Gasteiger partial charge in [-0.25, -0.2) is 4.79 Å². The van der Waals surface area contributed by atoms with E-state index >= 15 is 0 Å². The van der Waals surface area contributed by atoms with Crippen LogP contribution in [0.2, 0.25) is 0 Å². The minimum atomic E-state index is -0.480. The molecule has 0 spiro atoms. The minimum absolute atomic E-state index is 0.140. The summed E-state index contributed by atoms with van der Waals surface area (Å²) in [5, 5.41) is 0. The summed E-state index contributed by atoms with van der Waals surface area (Å²) in [6.07, 6.45) is 1.67. The van der Waals surface area contributed by atoms with Gasteiger partial charge in [-0.2, -0.15) is 0 Å². The van der Waals surface area contributed by atoms with Crippen molar-refractivity contribution in [3.63, 3.8) is 0 Å². The van der Waals surface area contributed by atoms with E-state index in [-0.39, 0.29) is 31.4 Å². The topological polar surface area (TPSA) is 71.1 Å². The Bertz CT molecular complexity index is 885. The Labute approximate surface area is 183 Å². The Kier molecular flexibility index (Phi) is 9.78. The highest BCUT2D eigenvalue weighted by Gasteiger charge is 2.08. The van der Waals surface area contributed by atoms with E-state index in [1.54, 1.807) is 0 Å². The Morgan fingerprint density at radius 3 is 2.35 bits per heavy atom. The molecule has 0 heterocycles. The standard InChI is InChI=1S/C25H30O6/c1-18-16-23(30-14-15-31-25(27)19(2)17-28-4)11-12-24(18)22-9-7-21(8-10-22)6-5-13-29-20(3)26/h7-12,16H,2,5-6,13-15,17H2,1,3-4H3. The summed E-state index contributed by atoms with van der Waals surface area (Å²) < 4.78 is 20.6. The van der Waals surface area contributed by atoms with Crippen LogP contribution in [-0.4, -0.2) is 45.5 Å². The molecule has 0 saturated carbocycles. The number of hydrogen-bond acceptors (Lipinski definition) is 6. The lowest BCUT2D eigenvalue weighted by atomic mass is 9.98. The maximum absolute atomic E-state index is 11.6. The molecular weight excluding hydrogens is 396 g/mol. The summed E-state index contributed by atoms with van der Waals surface area (Å²) in [5.41, 5.74) is 4.82. The van der Waals surface area contributed by atoms with E-state index in [0.29, 0.717) is 6.61 Å². The van der Waals surface area contributed by atoms with E-state index in [1.807, 2.05) is 25.1 Å². The van der Waals surface area contributed by atoms with E-state index in [1.165, 1.54) is 19.6 Å². The predicted molar refractivity (Wildman–Crippen MR) is 119 cm³/mol. The third-order valence-corrected chi connectivity index (χ3v) is 4.57. The molecule has 0 aliphatic heterocycles. The van der Waals surface area contributed by atoms with Crippen LogP contribution in [-0.2, 0) is 30.2 Å². The predicted octanol–water partition coefficient (Wildman–Crippen LogP) is 4.28.